The minimum Gasteiger partial charge on any atom is -0.494 e. The number of aryl methyl sites for hydroxylation is 1. The van der Waals surface area contributed by atoms with E-state index in [4.69, 9.17) is 9.84 Å². The molecule has 0 saturated heterocycles. The molecule has 0 aliphatic heterocycles. The minimum absolute atomic E-state index is 0.262. The molecule has 0 aliphatic rings. The summed E-state index contributed by atoms with van der Waals surface area (Å²) < 4.78 is 5.49. The van der Waals surface area contributed by atoms with Crippen LogP contribution in [-0.4, -0.2) is 17.7 Å². The quantitative estimate of drug-likeness (QED) is 0.705. The van der Waals surface area contributed by atoms with Crippen LogP contribution in [0, 0.1) is 0 Å². The average Bonchev–Trinajstić information content (AvgIpc) is 2.33. The molecular weight excluding hydrogens is 216 g/mol. The predicted octanol–water partition coefficient (Wildman–Crippen LogP) is 3.27. The number of rotatable bonds is 8. The molecule has 1 rings (SSSR count). The highest BCUT2D eigenvalue weighted by atomic mass is 16.5. The molecule has 0 aliphatic carbocycles. The normalized spacial score (nSPS) is 10.2. The average molecular weight is 236 g/mol. The standard InChI is InChI=1S/C14H20O3/c1-2-11-17-13-9-7-12(8-10-13)5-3-4-6-14(15)16/h7-10H,2-6,11H2,1H3,(H,15,16). The van der Waals surface area contributed by atoms with Crippen molar-refractivity contribution in [2.75, 3.05) is 6.61 Å². The lowest BCUT2D eigenvalue weighted by Gasteiger charge is -2.05. The van der Waals surface area contributed by atoms with E-state index in [9.17, 15) is 4.79 Å². The van der Waals surface area contributed by atoms with E-state index in [0.29, 0.717) is 0 Å². The number of hydrogen-bond acceptors (Lipinski definition) is 2. The Bertz CT molecular complexity index is 330. The van der Waals surface area contributed by atoms with Crippen LogP contribution in [0.4, 0.5) is 0 Å². The molecule has 94 valence electrons. The minimum atomic E-state index is -0.715. The lowest BCUT2D eigenvalue weighted by atomic mass is 10.1. The summed E-state index contributed by atoms with van der Waals surface area (Å²) in [5, 5.41) is 8.51. The van der Waals surface area contributed by atoms with Crippen molar-refractivity contribution >= 4 is 5.97 Å². The van der Waals surface area contributed by atoms with E-state index in [-0.39, 0.29) is 6.42 Å². The molecule has 1 aromatic carbocycles. The van der Waals surface area contributed by atoms with Gasteiger partial charge in [-0.25, -0.2) is 0 Å². The highest BCUT2D eigenvalue weighted by molar-refractivity contribution is 5.66. The van der Waals surface area contributed by atoms with Crippen molar-refractivity contribution in [3.05, 3.63) is 29.8 Å². The monoisotopic (exact) mass is 236 g/mol. The van der Waals surface area contributed by atoms with E-state index < -0.39 is 5.97 Å². The Morgan fingerprint density at radius 1 is 1.24 bits per heavy atom. The van der Waals surface area contributed by atoms with E-state index in [1.165, 1.54) is 5.56 Å². The number of unbranched alkanes of at least 4 members (excludes halogenated alkanes) is 1. The largest absolute Gasteiger partial charge is 0.494 e. The Morgan fingerprint density at radius 2 is 1.94 bits per heavy atom. The highest BCUT2D eigenvalue weighted by Crippen LogP contribution is 2.14. The Hall–Kier alpha value is -1.51. The molecule has 0 radical (unpaired) electrons. The van der Waals surface area contributed by atoms with E-state index in [1.54, 1.807) is 0 Å². The van der Waals surface area contributed by atoms with Crippen LogP contribution in [0.1, 0.15) is 38.2 Å². The van der Waals surface area contributed by atoms with Gasteiger partial charge in [0.1, 0.15) is 5.75 Å². The molecule has 0 spiro atoms. The fraction of sp³-hybridized carbons (Fsp3) is 0.500. The highest BCUT2D eigenvalue weighted by Gasteiger charge is 1.98. The summed E-state index contributed by atoms with van der Waals surface area (Å²) in [6.07, 6.45) is 3.86. The number of hydrogen-bond donors (Lipinski definition) is 1. The lowest BCUT2D eigenvalue weighted by molar-refractivity contribution is -0.137. The Kier molecular flexibility index (Phi) is 6.15. The second-order valence-corrected chi connectivity index (χ2v) is 4.09. The van der Waals surface area contributed by atoms with Crippen LogP contribution in [0.2, 0.25) is 0 Å². The van der Waals surface area contributed by atoms with Crippen LogP contribution in [0.3, 0.4) is 0 Å². The van der Waals surface area contributed by atoms with Gasteiger partial charge in [-0.1, -0.05) is 19.1 Å². The number of carboxylic acid groups (broad SMARTS) is 1. The molecule has 1 N–H and O–H groups in total. The molecule has 1 aromatic rings. The molecular formula is C14H20O3. The second-order valence-electron chi connectivity index (χ2n) is 4.09. The summed E-state index contributed by atoms with van der Waals surface area (Å²) in [7, 11) is 0. The number of aliphatic carboxylic acids is 1. The molecule has 0 aromatic heterocycles. The molecule has 3 heteroatoms. The van der Waals surface area contributed by atoms with Crippen LogP contribution >= 0.6 is 0 Å². The maximum atomic E-state index is 10.3. The maximum Gasteiger partial charge on any atom is 0.303 e. The zero-order valence-electron chi connectivity index (χ0n) is 10.3. The van der Waals surface area contributed by atoms with Crippen LogP contribution in [-0.2, 0) is 11.2 Å². The first-order chi connectivity index (χ1) is 8.22. The third-order valence-electron chi connectivity index (χ3n) is 2.50. The predicted molar refractivity (Wildman–Crippen MR) is 67.4 cm³/mol. The molecule has 0 bridgehead atoms. The van der Waals surface area contributed by atoms with Gasteiger partial charge >= 0.3 is 5.97 Å². The van der Waals surface area contributed by atoms with Gasteiger partial charge in [-0.15, -0.1) is 0 Å². The number of benzene rings is 1. The van der Waals surface area contributed by atoms with E-state index in [1.807, 2.05) is 24.3 Å². The first-order valence-electron chi connectivity index (χ1n) is 6.16. The molecule has 0 heterocycles. The van der Waals surface area contributed by atoms with Crippen molar-refractivity contribution in [2.45, 2.75) is 39.0 Å². The van der Waals surface area contributed by atoms with Crippen LogP contribution in [0.5, 0.6) is 5.75 Å². The van der Waals surface area contributed by atoms with E-state index in [2.05, 4.69) is 6.92 Å². The zero-order chi connectivity index (χ0) is 12.5. The summed E-state index contributed by atoms with van der Waals surface area (Å²) in [5.74, 6) is 0.189. The first-order valence-corrected chi connectivity index (χ1v) is 6.16. The number of ether oxygens (including phenoxy) is 1. The lowest BCUT2D eigenvalue weighted by Crippen LogP contribution is -1.96. The zero-order valence-corrected chi connectivity index (χ0v) is 10.3. The number of carboxylic acids is 1. The third kappa shape index (κ3) is 5.95. The van der Waals surface area contributed by atoms with Crippen molar-refractivity contribution in [3.63, 3.8) is 0 Å². The van der Waals surface area contributed by atoms with Crippen LogP contribution < -0.4 is 4.74 Å². The van der Waals surface area contributed by atoms with Crippen LogP contribution in [0.25, 0.3) is 0 Å². The van der Waals surface area contributed by atoms with Gasteiger partial charge in [-0.2, -0.15) is 0 Å². The molecule has 3 nitrogen and oxygen atoms in total. The SMILES string of the molecule is CCCOc1ccc(CCCCC(=O)O)cc1. The van der Waals surface area contributed by atoms with Gasteiger partial charge in [0.25, 0.3) is 0 Å². The fourth-order valence-corrected chi connectivity index (χ4v) is 1.58. The van der Waals surface area contributed by atoms with Gasteiger partial charge in [0.05, 0.1) is 6.61 Å². The Balaban J connectivity index is 2.27. The van der Waals surface area contributed by atoms with Gasteiger partial charge in [-0.05, 0) is 43.4 Å². The third-order valence-corrected chi connectivity index (χ3v) is 2.50. The van der Waals surface area contributed by atoms with Crippen molar-refractivity contribution in [2.24, 2.45) is 0 Å². The Labute approximate surface area is 102 Å². The van der Waals surface area contributed by atoms with E-state index >= 15 is 0 Å². The number of carbonyl (C=O) groups is 1. The summed E-state index contributed by atoms with van der Waals surface area (Å²) in [4.78, 5) is 10.3. The molecule has 0 saturated carbocycles. The summed E-state index contributed by atoms with van der Waals surface area (Å²) >= 11 is 0. The van der Waals surface area contributed by atoms with Gasteiger partial charge in [-0.3, -0.25) is 4.79 Å². The fourth-order valence-electron chi connectivity index (χ4n) is 1.58. The first kappa shape index (κ1) is 13.6. The van der Waals surface area contributed by atoms with Crippen molar-refractivity contribution in [1.82, 2.24) is 0 Å². The molecule has 0 unspecified atom stereocenters. The van der Waals surface area contributed by atoms with Crippen molar-refractivity contribution < 1.29 is 14.6 Å². The maximum absolute atomic E-state index is 10.3. The van der Waals surface area contributed by atoms with Crippen molar-refractivity contribution in [3.8, 4) is 5.75 Å². The molecule has 0 amide bonds. The summed E-state index contributed by atoms with van der Waals surface area (Å²) in [6.45, 7) is 2.83. The van der Waals surface area contributed by atoms with E-state index in [0.717, 1.165) is 38.0 Å². The molecule has 0 atom stereocenters. The molecule has 17 heavy (non-hydrogen) atoms. The van der Waals surface area contributed by atoms with Crippen molar-refractivity contribution in [1.29, 1.82) is 0 Å². The summed E-state index contributed by atoms with van der Waals surface area (Å²) in [6, 6.07) is 8.04. The second kappa shape index (κ2) is 7.71. The topological polar surface area (TPSA) is 46.5 Å². The van der Waals surface area contributed by atoms with Crippen LogP contribution in [0.15, 0.2) is 24.3 Å². The Morgan fingerprint density at radius 3 is 2.53 bits per heavy atom. The van der Waals surface area contributed by atoms with Gasteiger partial charge in [0, 0.05) is 6.42 Å². The van der Waals surface area contributed by atoms with Gasteiger partial charge in [0.15, 0.2) is 0 Å². The van der Waals surface area contributed by atoms with Gasteiger partial charge < -0.3 is 9.84 Å². The summed E-state index contributed by atoms with van der Waals surface area (Å²) in [5.41, 5.74) is 1.24. The molecule has 0 fully saturated rings. The smallest absolute Gasteiger partial charge is 0.303 e. The van der Waals surface area contributed by atoms with Gasteiger partial charge in [0.2, 0.25) is 0 Å².